The van der Waals surface area contributed by atoms with E-state index in [9.17, 15) is 39.1 Å². The van der Waals surface area contributed by atoms with Gasteiger partial charge in [0.05, 0.1) is 51.6 Å². The summed E-state index contributed by atoms with van der Waals surface area (Å²) in [4.78, 5) is 107. The van der Waals surface area contributed by atoms with Crippen molar-refractivity contribution in [1.82, 2.24) is 58.1 Å². The molecule has 12 rings (SSSR count). The second-order valence-corrected chi connectivity index (χ2v) is 36.6. The van der Waals surface area contributed by atoms with Crippen LogP contribution in [0.3, 0.4) is 0 Å². The van der Waals surface area contributed by atoms with E-state index in [1.54, 1.807) is 24.3 Å². The first-order valence-corrected chi connectivity index (χ1v) is 41.5. The predicted octanol–water partition coefficient (Wildman–Crippen LogP) is 7.31. The summed E-state index contributed by atoms with van der Waals surface area (Å²) in [5.74, 6) is -1.54. The number of aromatic nitrogens is 12. The number of hydrogen-bond acceptors (Lipinski definition) is 34. The van der Waals surface area contributed by atoms with Gasteiger partial charge in [0.1, 0.15) is 97.2 Å². The van der Waals surface area contributed by atoms with Crippen molar-refractivity contribution < 1.29 is 79.2 Å². The van der Waals surface area contributed by atoms with Gasteiger partial charge in [-0.15, -0.1) is 0 Å². The maximum atomic E-state index is 15.9. The standard InChI is InChI=1S/C59H65Cl2N16O21P3S3/c1-30-22-75(59(84)73-55(30)81)46-19-37(40(23-78)91-46)97-100(86,103-34-9-5-32(60)6-10-34)90-26-43-38(20-48(94-43)77-29-69-51-54(77)71-57(65)72-56(51)82)96-99(85,102-17-3-15-62)88-25-42-39(21-47(93-42)76-28-68-50-52(64)66-27-67-53(50)76)98-101(87,104-35-11-7-33(61)8-12-35)89-24-41-36(95-49(80)13-4-31(2)79)18-45(92-41)74-16-14-44(63)70-58(74)83/h5-12,14,16,22,27-29,36-43,45-48,78H,3-4,13,17-21,23-26H2,1-2H3,(H2,63,70,83)(H2,64,66,67)(H,73,81,84)(H3,65,71,72,82)/t36-,37-,38-,39-,40+,41+,42+,43+,45+,46+,47+,48+,99?,100?,101?/m0/s1. The highest BCUT2D eigenvalue weighted by Crippen LogP contribution is 2.68. The van der Waals surface area contributed by atoms with E-state index >= 15 is 13.7 Å². The fourth-order valence-electron chi connectivity index (χ4n) is 11.4. The van der Waals surface area contributed by atoms with Gasteiger partial charge in [0, 0.05) is 82.1 Å². The van der Waals surface area contributed by atoms with Crippen LogP contribution in [0.5, 0.6) is 0 Å². The first-order valence-electron chi connectivity index (χ1n) is 31.7. The quantitative estimate of drug-likeness (QED) is 0.0141. The summed E-state index contributed by atoms with van der Waals surface area (Å²) >= 11 is 14.5. The number of aliphatic hydroxyl groups excluding tert-OH is 1. The molecule has 8 aromatic rings. The molecule has 45 heteroatoms. The molecule has 4 saturated heterocycles. The van der Waals surface area contributed by atoms with Crippen LogP contribution in [0.1, 0.15) is 82.3 Å². The van der Waals surface area contributed by atoms with Gasteiger partial charge >= 0.3 is 37.7 Å². The van der Waals surface area contributed by atoms with Crippen LogP contribution in [0.2, 0.25) is 10.0 Å². The number of aliphatic hydroxyl groups is 1. The molecule has 0 spiro atoms. The summed E-state index contributed by atoms with van der Waals surface area (Å²) < 4.78 is 123. The molecule has 4 aliphatic rings. The number of rotatable bonds is 31. The van der Waals surface area contributed by atoms with Crippen molar-refractivity contribution in [2.24, 2.45) is 0 Å². The van der Waals surface area contributed by atoms with Gasteiger partial charge in [0.15, 0.2) is 22.6 Å². The molecular weight excluding hydrogens is 1530 g/mol. The lowest BCUT2D eigenvalue weighted by Crippen LogP contribution is -2.33. The van der Waals surface area contributed by atoms with E-state index in [-0.39, 0.29) is 102 Å². The highest BCUT2D eigenvalue weighted by atomic mass is 35.5. The molecule has 0 bridgehead atoms. The molecule has 4 aliphatic heterocycles. The largest absolute Gasteiger partial charge is 0.459 e. The van der Waals surface area contributed by atoms with Gasteiger partial charge < -0.3 is 50.8 Å². The van der Waals surface area contributed by atoms with Crippen LogP contribution < -0.4 is 39.7 Å². The Morgan fingerprint density at radius 2 is 1.17 bits per heavy atom. The molecular formula is C59H65Cl2N16O21P3S3. The van der Waals surface area contributed by atoms with E-state index in [4.69, 9.17) is 91.2 Å². The average molecular weight is 1590 g/mol. The summed E-state index contributed by atoms with van der Waals surface area (Å²) in [5, 5.41) is 21.1. The maximum absolute atomic E-state index is 15.9. The minimum atomic E-state index is -4.74. The molecule has 37 nitrogen and oxygen atoms in total. The van der Waals surface area contributed by atoms with E-state index in [1.807, 2.05) is 6.07 Å². The van der Waals surface area contributed by atoms with E-state index in [1.165, 1.54) is 84.7 Å². The van der Waals surface area contributed by atoms with Gasteiger partial charge in [0.2, 0.25) is 5.95 Å². The minimum absolute atomic E-state index is 0.0268. The normalized spacial score (nSPS) is 25.0. The van der Waals surface area contributed by atoms with Crippen molar-refractivity contribution in [3.63, 3.8) is 0 Å². The number of fused-ring (bicyclic) bond motifs is 2. The summed E-state index contributed by atoms with van der Waals surface area (Å²) in [6.07, 6.45) is -9.96. The number of nitriles is 1. The highest BCUT2D eigenvalue weighted by Gasteiger charge is 2.50. The van der Waals surface area contributed by atoms with Crippen molar-refractivity contribution >= 4 is 129 Å². The number of halogens is 2. The number of benzene rings is 2. The van der Waals surface area contributed by atoms with Crippen molar-refractivity contribution in [2.45, 2.75) is 142 Å². The van der Waals surface area contributed by atoms with E-state index in [0.29, 0.717) is 54.0 Å². The summed E-state index contributed by atoms with van der Waals surface area (Å²) in [6.45, 7) is -14.0. The molecule has 554 valence electrons. The smallest absolute Gasteiger partial charge is 0.394 e. The van der Waals surface area contributed by atoms with E-state index in [0.717, 1.165) is 9.13 Å². The van der Waals surface area contributed by atoms with Gasteiger partial charge in [-0.1, -0.05) is 23.2 Å². The highest BCUT2D eigenvalue weighted by molar-refractivity contribution is 8.55. The number of ketones is 1. The monoisotopic (exact) mass is 1590 g/mol. The number of H-pyrrole nitrogens is 2. The summed E-state index contributed by atoms with van der Waals surface area (Å²) in [5.41, 5.74) is 15.5. The third-order valence-electron chi connectivity index (χ3n) is 16.5. The number of carbonyl (C=O) groups excluding carboxylic acids is 2. The van der Waals surface area contributed by atoms with Crippen LogP contribution in [0, 0.1) is 18.3 Å². The second-order valence-electron chi connectivity index (χ2n) is 23.7. The fraction of sp³-hybridized carbons (Fsp3) is 0.441. The van der Waals surface area contributed by atoms with Crippen LogP contribution >= 0.6 is 77.7 Å². The first kappa shape index (κ1) is 76.5. The Morgan fingerprint density at radius 1 is 0.654 bits per heavy atom. The lowest BCUT2D eigenvalue weighted by molar-refractivity contribution is -0.153. The molecule has 3 unspecified atom stereocenters. The zero-order valence-corrected chi connectivity index (χ0v) is 61.2. The number of nitrogens with zero attached hydrogens (tertiary/aromatic N) is 11. The topological polar surface area (TPSA) is 506 Å². The number of Topliss-reactive ketones (excluding diaryl/α,β-unsaturated/α-hetero) is 1. The van der Waals surface area contributed by atoms with Crippen molar-refractivity contribution in [1.29, 1.82) is 5.26 Å². The van der Waals surface area contributed by atoms with Gasteiger partial charge in [-0.3, -0.25) is 69.8 Å². The number of aryl methyl sites for hydroxylation is 1. The first-order chi connectivity index (χ1) is 49.7. The number of nitrogens with two attached hydrogens (primary N) is 3. The Kier molecular flexibility index (Phi) is 24.2. The average Bonchev–Trinajstić information content (AvgIpc) is 1.64. The Labute approximate surface area is 609 Å². The molecule has 15 atom stereocenters. The number of aromatic amines is 2. The number of anilines is 3. The molecule has 2 aromatic carbocycles. The van der Waals surface area contributed by atoms with Gasteiger partial charge in [-0.25, -0.2) is 43.2 Å². The number of nitrogen functional groups attached to an aromatic ring is 3. The third-order valence-corrected chi connectivity index (χ3v) is 27.9. The third kappa shape index (κ3) is 18.3. The zero-order chi connectivity index (χ0) is 73.8. The minimum Gasteiger partial charge on any atom is -0.459 e. The molecule has 0 amide bonds. The zero-order valence-electron chi connectivity index (χ0n) is 54.6. The molecule has 9 N–H and O–H groups in total. The summed E-state index contributed by atoms with van der Waals surface area (Å²) in [7, 11) is 0. The molecule has 10 heterocycles. The molecule has 0 radical (unpaired) electrons. The van der Waals surface area contributed by atoms with Crippen LogP contribution in [0.4, 0.5) is 17.6 Å². The molecule has 104 heavy (non-hydrogen) atoms. The Morgan fingerprint density at radius 3 is 1.75 bits per heavy atom. The second kappa shape index (κ2) is 32.9. The van der Waals surface area contributed by atoms with E-state index in [2.05, 4.69) is 39.9 Å². The lowest BCUT2D eigenvalue weighted by Gasteiger charge is -2.28. The summed E-state index contributed by atoms with van der Waals surface area (Å²) in [6, 6.07) is 15.7. The maximum Gasteiger partial charge on any atom is 0.394 e. The van der Waals surface area contributed by atoms with Gasteiger partial charge in [-0.2, -0.15) is 15.2 Å². The Bertz CT molecular complexity index is 4940. The fourth-order valence-corrected chi connectivity index (χ4v) is 22.0. The van der Waals surface area contributed by atoms with E-state index < -0.39 is 149 Å². The van der Waals surface area contributed by atoms with Crippen LogP contribution in [0.15, 0.2) is 115 Å². The van der Waals surface area contributed by atoms with Crippen molar-refractivity contribution in [3.8, 4) is 6.07 Å². The number of nitrogens with one attached hydrogen (secondary N) is 2. The number of carbonyl (C=O) groups is 2. The molecule has 0 aliphatic carbocycles. The number of imidazole rings is 2. The number of ether oxygens (including phenoxy) is 5. The van der Waals surface area contributed by atoms with Gasteiger partial charge in [0.25, 0.3) is 11.1 Å². The molecule has 6 aromatic heterocycles. The van der Waals surface area contributed by atoms with Crippen LogP contribution in [0.25, 0.3) is 22.3 Å². The number of esters is 1. The predicted molar refractivity (Wildman–Crippen MR) is 375 cm³/mol. The van der Waals surface area contributed by atoms with Crippen LogP contribution in [-0.4, -0.2) is 156 Å². The van der Waals surface area contributed by atoms with Crippen LogP contribution in [-0.2, 0) is 74.1 Å². The van der Waals surface area contributed by atoms with Gasteiger partial charge in [-0.05, 0) is 103 Å². The Balaban J connectivity index is 0.858. The van der Waals surface area contributed by atoms with Crippen molar-refractivity contribution in [2.75, 3.05) is 49.4 Å². The number of hydrogen-bond donors (Lipinski definition) is 6. The molecule has 0 saturated carbocycles. The van der Waals surface area contributed by atoms with Crippen molar-refractivity contribution in [3.05, 3.63) is 143 Å². The lowest BCUT2D eigenvalue weighted by atomic mass is 10.2. The Hall–Kier alpha value is -7.19. The SMILES string of the molecule is CC(=O)CCC(=O)O[C@H]1C[C@H](n2ccc(N)nc2=O)O[C@@H]1COP(=O)(O[C@H]1C[C@H](n2cnc3c(N)ncnc32)O[C@@H]1COP(=O)(O[C@H]1C[C@H](n2cnc3c(=O)[nH]c(N)nc32)O[C@@H]1COP(=O)(O[C@H]1C[C@H](n2cc(C)c(=O)[nH]c2=O)O[C@@H]1CO)Sc1ccc(Cl)cc1)SCCC#N)Sc1ccc(Cl)cc1. The molecule has 4 fully saturated rings.